The molecule has 3 heterocycles. The summed E-state index contributed by atoms with van der Waals surface area (Å²) in [5.74, 6) is -1.25. The van der Waals surface area contributed by atoms with Crippen molar-refractivity contribution in [3.8, 4) is 5.75 Å². The number of amides is 1. The number of carbonyl (C=O) groups excluding carboxylic acids is 3. The minimum absolute atomic E-state index is 0.201. The molecule has 1 spiro atoms. The van der Waals surface area contributed by atoms with Gasteiger partial charge in [0.2, 0.25) is 5.91 Å². The van der Waals surface area contributed by atoms with E-state index in [9.17, 15) is 14.4 Å². The van der Waals surface area contributed by atoms with E-state index in [4.69, 9.17) is 4.74 Å². The van der Waals surface area contributed by atoms with E-state index in [-0.39, 0.29) is 17.5 Å². The molecule has 0 unspecified atom stereocenters. The zero-order valence-corrected chi connectivity index (χ0v) is 22.7. The fourth-order valence-electron chi connectivity index (χ4n) is 7.03. The summed E-state index contributed by atoms with van der Waals surface area (Å²) in [5, 5.41) is 3.07. The maximum Gasteiger partial charge on any atom is 0.238 e. The van der Waals surface area contributed by atoms with E-state index in [1.165, 1.54) is 0 Å². The molecule has 6 heteroatoms. The average Bonchev–Trinajstić information content (AvgIpc) is 3.49. The molecule has 1 amide bonds. The molecule has 4 aromatic rings. The standard InChI is InChI=1S/C35H28N2O4/c1-21-15-17-28-23(19-21)16-18-29-35(26-13-6-7-14-27(26)36-34(35)40)30(32(38)24-11-8-12-25(20-24)41-2)31(37(28)29)33(39)22-9-4-3-5-10-22/h3-20,29-31H,1-2H3,(H,36,40)/t29-,30+,31+,35-/m1/s1. The summed E-state index contributed by atoms with van der Waals surface area (Å²) in [6.45, 7) is 2.02. The molecule has 202 valence electrons. The normalized spacial score (nSPS) is 23.5. The van der Waals surface area contributed by atoms with Crippen molar-refractivity contribution < 1.29 is 19.1 Å². The van der Waals surface area contributed by atoms with Gasteiger partial charge in [0.05, 0.1) is 19.1 Å². The van der Waals surface area contributed by atoms with Crippen LogP contribution >= 0.6 is 0 Å². The Kier molecular flexibility index (Phi) is 5.68. The van der Waals surface area contributed by atoms with Crippen LogP contribution in [-0.4, -0.2) is 36.7 Å². The molecule has 1 saturated heterocycles. The van der Waals surface area contributed by atoms with Gasteiger partial charge in [0.25, 0.3) is 0 Å². The molecule has 0 saturated carbocycles. The predicted molar refractivity (Wildman–Crippen MR) is 159 cm³/mol. The molecule has 7 rings (SSSR count). The summed E-state index contributed by atoms with van der Waals surface area (Å²) in [5.41, 5.74) is 3.79. The number of rotatable bonds is 5. The summed E-state index contributed by atoms with van der Waals surface area (Å²) in [6.07, 6.45) is 4.01. The van der Waals surface area contributed by atoms with Gasteiger partial charge in [0, 0.05) is 22.5 Å². The molecular weight excluding hydrogens is 512 g/mol. The molecule has 4 aromatic carbocycles. The van der Waals surface area contributed by atoms with Crippen LogP contribution in [0.4, 0.5) is 11.4 Å². The molecule has 4 atom stereocenters. The van der Waals surface area contributed by atoms with Crippen molar-refractivity contribution in [1.29, 1.82) is 0 Å². The van der Waals surface area contributed by atoms with Crippen molar-refractivity contribution in [2.45, 2.75) is 24.4 Å². The van der Waals surface area contributed by atoms with Gasteiger partial charge in [-0.15, -0.1) is 0 Å². The lowest BCUT2D eigenvalue weighted by molar-refractivity contribution is -0.121. The Balaban J connectivity index is 1.54. The lowest BCUT2D eigenvalue weighted by Crippen LogP contribution is -2.51. The molecule has 6 nitrogen and oxygen atoms in total. The minimum Gasteiger partial charge on any atom is -0.497 e. The third-order valence-electron chi connectivity index (χ3n) is 8.75. The fourth-order valence-corrected chi connectivity index (χ4v) is 7.03. The van der Waals surface area contributed by atoms with Crippen LogP contribution < -0.4 is 15.0 Å². The fraction of sp³-hybridized carbons (Fsp3) is 0.171. The first-order chi connectivity index (χ1) is 19.9. The Morgan fingerprint density at radius 2 is 1.61 bits per heavy atom. The highest BCUT2D eigenvalue weighted by Crippen LogP contribution is 2.58. The Morgan fingerprint density at radius 3 is 2.41 bits per heavy atom. The number of carbonyl (C=O) groups is 3. The number of fused-ring (bicyclic) bond motifs is 6. The van der Waals surface area contributed by atoms with E-state index >= 15 is 0 Å². The number of ketones is 2. The highest BCUT2D eigenvalue weighted by molar-refractivity contribution is 6.18. The van der Waals surface area contributed by atoms with E-state index in [1.807, 2.05) is 78.6 Å². The van der Waals surface area contributed by atoms with Crippen LogP contribution in [0.3, 0.4) is 0 Å². The number of Topliss-reactive ketones (excluding diaryl/α,β-unsaturated/α-hetero) is 2. The van der Waals surface area contributed by atoms with E-state index in [0.717, 1.165) is 22.4 Å². The molecule has 3 aliphatic rings. The topological polar surface area (TPSA) is 75.7 Å². The maximum absolute atomic E-state index is 14.8. The molecular formula is C35H28N2O4. The second kappa shape index (κ2) is 9.30. The first-order valence-electron chi connectivity index (χ1n) is 13.7. The third-order valence-corrected chi connectivity index (χ3v) is 8.75. The summed E-state index contributed by atoms with van der Waals surface area (Å²) < 4.78 is 5.44. The summed E-state index contributed by atoms with van der Waals surface area (Å²) in [4.78, 5) is 45.9. The maximum atomic E-state index is 14.8. The second-order valence-electron chi connectivity index (χ2n) is 10.9. The van der Waals surface area contributed by atoms with Gasteiger partial charge in [-0.2, -0.15) is 0 Å². The lowest BCUT2D eigenvalue weighted by atomic mass is 9.64. The van der Waals surface area contributed by atoms with Crippen LogP contribution in [0.2, 0.25) is 0 Å². The molecule has 0 aliphatic carbocycles. The number of hydrogen-bond acceptors (Lipinski definition) is 5. The van der Waals surface area contributed by atoms with Crippen molar-refractivity contribution in [3.05, 3.63) is 131 Å². The number of aryl methyl sites for hydroxylation is 1. The Morgan fingerprint density at radius 1 is 0.854 bits per heavy atom. The molecule has 41 heavy (non-hydrogen) atoms. The van der Waals surface area contributed by atoms with E-state index in [0.29, 0.717) is 22.6 Å². The van der Waals surface area contributed by atoms with Gasteiger partial charge >= 0.3 is 0 Å². The number of anilines is 2. The van der Waals surface area contributed by atoms with Crippen molar-refractivity contribution in [2.24, 2.45) is 5.92 Å². The van der Waals surface area contributed by atoms with Crippen LogP contribution in [-0.2, 0) is 10.2 Å². The second-order valence-corrected chi connectivity index (χ2v) is 10.9. The van der Waals surface area contributed by atoms with Crippen LogP contribution in [0.15, 0.2) is 103 Å². The molecule has 0 bridgehead atoms. The molecule has 0 aromatic heterocycles. The summed E-state index contributed by atoms with van der Waals surface area (Å²) in [6, 6.07) is 28.1. The van der Waals surface area contributed by atoms with Crippen molar-refractivity contribution in [1.82, 2.24) is 0 Å². The molecule has 0 radical (unpaired) electrons. The average molecular weight is 541 g/mol. The van der Waals surface area contributed by atoms with Gasteiger partial charge in [-0.25, -0.2) is 0 Å². The van der Waals surface area contributed by atoms with E-state index < -0.39 is 23.4 Å². The smallest absolute Gasteiger partial charge is 0.238 e. The number of methoxy groups -OCH3 is 1. The minimum atomic E-state index is -1.34. The highest BCUT2D eigenvalue weighted by Gasteiger charge is 2.70. The monoisotopic (exact) mass is 540 g/mol. The Labute approximate surface area is 238 Å². The van der Waals surface area contributed by atoms with Crippen molar-refractivity contribution in [2.75, 3.05) is 17.3 Å². The van der Waals surface area contributed by atoms with Crippen LogP contribution in [0.25, 0.3) is 6.08 Å². The van der Waals surface area contributed by atoms with Gasteiger partial charge in [-0.3, -0.25) is 14.4 Å². The quantitative estimate of drug-likeness (QED) is 0.321. The Hall–Kier alpha value is -4.97. The lowest BCUT2D eigenvalue weighted by Gasteiger charge is -2.37. The van der Waals surface area contributed by atoms with Crippen LogP contribution in [0.1, 0.15) is 37.4 Å². The number of nitrogens with zero attached hydrogens (tertiary/aromatic N) is 1. The van der Waals surface area contributed by atoms with E-state index in [2.05, 4.69) is 11.4 Å². The van der Waals surface area contributed by atoms with Crippen LogP contribution in [0.5, 0.6) is 5.75 Å². The van der Waals surface area contributed by atoms with Gasteiger partial charge in [0.15, 0.2) is 11.6 Å². The van der Waals surface area contributed by atoms with Crippen LogP contribution in [0, 0.1) is 12.8 Å². The number of benzene rings is 4. The number of para-hydroxylation sites is 1. The SMILES string of the molecule is COc1cccc(C(=O)[C@@H]2[C@@H](C(=O)c3ccccc3)N3c4ccc(C)cc4C=C[C@@H]3[C@@]23C(=O)Nc2ccccc23)c1. The molecule has 1 N–H and O–H groups in total. The number of hydrogen-bond donors (Lipinski definition) is 1. The summed E-state index contributed by atoms with van der Waals surface area (Å²) >= 11 is 0. The zero-order chi connectivity index (χ0) is 28.3. The number of ether oxygens (including phenoxy) is 1. The van der Waals surface area contributed by atoms with Crippen molar-refractivity contribution in [3.63, 3.8) is 0 Å². The first kappa shape index (κ1) is 25.0. The zero-order valence-electron chi connectivity index (χ0n) is 22.7. The van der Waals surface area contributed by atoms with Gasteiger partial charge in [-0.05, 0) is 48.4 Å². The largest absolute Gasteiger partial charge is 0.497 e. The summed E-state index contributed by atoms with van der Waals surface area (Å²) in [7, 11) is 1.55. The Bertz CT molecular complexity index is 1760. The van der Waals surface area contributed by atoms with Gasteiger partial charge in [0.1, 0.15) is 17.2 Å². The highest BCUT2D eigenvalue weighted by atomic mass is 16.5. The van der Waals surface area contributed by atoms with E-state index in [1.54, 1.807) is 43.5 Å². The third kappa shape index (κ3) is 3.53. The van der Waals surface area contributed by atoms with Gasteiger partial charge < -0.3 is 15.0 Å². The van der Waals surface area contributed by atoms with Crippen molar-refractivity contribution >= 4 is 34.9 Å². The molecule has 3 aliphatic heterocycles. The van der Waals surface area contributed by atoms with Gasteiger partial charge in [-0.1, -0.05) is 84.4 Å². The number of nitrogens with one attached hydrogen (secondary N) is 1. The first-order valence-corrected chi connectivity index (χ1v) is 13.7. The predicted octanol–water partition coefficient (Wildman–Crippen LogP) is 5.86. The molecule has 1 fully saturated rings.